The van der Waals surface area contributed by atoms with Gasteiger partial charge in [-0.15, -0.1) is 0 Å². The summed E-state index contributed by atoms with van der Waals surface area (Å²) in [6, 6.07) is 25.4. The molecule has 2 N–H and O–H groups in total. The zero-order chi connectivity index (χ0) is 19.3. The number of hydrogen-bond donors (Lipinski definition) is 2. The Morgan fingerprint density at radius 1 is 0.786 bits per heavy atom. The summed E-state index contributed by atoms with van der Waals surface area (Å²) in [6.07, 6.45) is 2.54. The molecule has 4 rings (SSSR count). The molecule has 0 aromatic heterocycles. The number of amides is 2. The maximum absolute atomic E-state index is 12.5. The van der Waals surface area contributed by atoms with Gasteiger partial charge in [-0.2, -0.15) is 0 Å². The highest BCUT2D eigenvalue weighted by molar-refractivity contribution is 6.04. The third-order valence-corrected chi connectivity index (χ3v) is 4.77. The van der Waals surface area contributed by atoms with E-state index in [1.165, 1.54) is 0 Å². The Hall–Kier alpha value is -3.40. The molecule has 1 aliphatic rings. The van der Waals surface area contributed by atoms with Crippen molar-refractivity contribution in [3.8, 4) is 11.1 Å². The minimum Gasteiger partial charge on any atom is -0.353 e. The highest BCUT2D eigenvalue weighted by Crippen LogP contribution is 2.20. The average molecular weight is 370 g/mol. The molecule has 0 heterocycles. The normalized spacial score (nSPS) is 13.0. The van der Waals surface area contributed by atoms with Crippen molar-refractivity contribution in [3.63, 3.8) is 0 Å². The molecular formula is C24H22N2O2. The van der Waals surface area contributed by atoms with Crippen molar-refractivity contribution in [3.05, 3.63) is 90.0 Å². The van der Waals surface area contributed by atoms with Gasteiger partial charge in [0.15, 0.2) is 0 Å². The van der Waals surface area contributed by atoms with Gasteiger partial charge in [0.25, 0.3) is 5.91 Å². The second-order valence-electron chi connectivity index (χ2n) is 7.11. The van der Waals surface area contributed by atoms with Crippen LogP contribution in [0.5, 0.6) is 0 Å². The molecule has 140 valence electrons. The maximum Gasteiger partial charge on any atom is 0.255 e. The molecule has 4 nitrogen and oxygen atoms in total. The molecule has 0 radical (unpaired) electrons. The van der Waals surface area contributed by atoms with Gasteiger partial charge in [-0.3, -0.25) is 9.59 Å². The highest BCUT2D eigenvalue weighted by Gasteiger charge is 2.23. The van der Waals surface area contributed by atoms with E-state index >= 15 is 0 Å². The Kier molecular flexibility index (Phi) is 5.20. The van der Waals surface area contributed by atoms with Crippen LogP contribution in [0.2, 0.25) is 0 Å². The summed E-state index contributed by atoms with van der Waals surface area (Å²) < 4.78 is 0. The van der Waals surface area contributed by atoms with Crippen molar-refractivity contribution >= 4 is 17.5 Å². The van der Waals surface area contributed by atoms with Crippen LogP contribution in [0, 0.1) is 0 Å². The van der Waals surface area contributed by atoms with Crippen LogP contribution in [0.15, 0.2) is 78.9 Å². The Balaban J connectivity index is 1.35. The maximum atomic E-state index is 12.5. The smallest absolute Gasteiger partial charge is 0.255 e. The second kappa shape index (κ2) is 8.09. The SMILES string of the molecule is O=C(Cc1ccc(NC(=O)c2ccc(-c3ccccc3)cc2)cc1)NC1CC1. The van der Waals surface area contributed by atoms with Gasteiger partial charge >= 0.3 is 0 Å². The lowest BCUT2D eigenvalue weighted by atomic mass is 10.0. The van der Waals surface area contributed by atoms with E-state index in [0.29, 0.717) is 23.7 Å². The fourth-order valence-electron chi connectivity index (χ4n) is 3.05. The fourth-order valence-corrected chi connectivity index (χ4v) is 3.05. The first kappa shape index (κ1) is 18.0. The van der Waals surface area contributed by atoms with Gasteiger partial charge in [0, 0.05) is 17.3 Å². The van der Waals surface area contributed by atoms with E-state index in [1.807, 2.05) is 78.9 Å². The molecule has 0 unspecified atom stereocenters. The van der Waals surface area contributed by atoms with Crippen LogP contribution < -0.4 is 10.6 Å². The zero-order valence-corrected chi connectivity index (χ0v) is 15.5. The predicted octanol–water partition coefficient (Wildman–Crippen LogP) is 4.43. The van der Waals surface area contributed by atoms with Crippen LogP contribution >= 0.6 is 0 Å². The van der Waals surface area contributed by atoms with E-state index < -0.39 is 0 Å². The quantitative estimate of drug-likeness (QED) is 0.674. The average Bonchev–Trinajstić information content (AvgIpc) is 3.54. The molecule has 0 aliphatic heterocycles. The molecular weight excluding hydrogens is 348 g/mol. The van der Waals surface area contributed by atoms with Gasteiger partial charge in [-0.25, -0.2) is 0 Å². The van der Waals surface area contributed by atoms with Gasteiger partial charge < -0.3 is 10.6 Å². The number of hydrogen-bond acceptors (Lipinski definition) is 2. The summed E-state index contributed by atoms with van der Waals surface area (Å²) in [5.41, 5.74) is 4.45. The summed E-state index contributed by atoms with van der Waals surface area (Å²) in [5.74, 6) is -0.100. The molecule has 0 atom stereocenters. The van der Waals surface area contributed by atoms with Crippen molar-refractivity contribution < 1.29 is 9.59 Å². The Morgan fingerprint density at radius 3 is 2.07 bits per heavy atom. The number of benzene rings is 3. The molecule has 1 saturated carbocycles. The topological polar surface area (TPSA) is 58.2 Å². The van der Waals surface area contributed by atoms with E-state index in [9.17, 15) is 9.59 Å². The zero-order valence-electron chi connectivity index (χ0n) is 15.5. The lowest BCUT2D eigenvalue weighted by molar-refractivity contribution is -0.120. The summed E-state index contributed by atoms with van der Waals surface area (Å²) in [7, 11) is 0. The van der Waals surface area contributed by atoms with E-state index in [0.717, 1.165) is 29.5 Å². The van der Waals surface area contributed by atoms with Gasteiger partial charge in [0.2, 0.25) is 5.91 Å². The minimum atomic E-state index is -0.154. The van der Waals surface area contributed by atoms with Crippen LogP contribution in [-0.2, 0) is 11.2 Å². The Morgan fingerprint density at radius 2 is 1.43 bits per heavy atom. The molecule has 1 fully saturated rings. The molecule has 2 amide bonds. The van der Waals surface area contributed by atoms with E-state index in [4.69, 9.17) is 0 Å². The summed E-state index contributed by atoms with van der Waals surface area (Å²) >= 11 is 0. The Bertz CT molecular complexity index is 960. The van der Waals surface area contributed by atoms with Crippen LogP contribution in [0.3, 0.4) is 0 Å². The lowest BCUT2D eigenvalue weighted by Gasteiger charge is -2.08. The number of nitrogens with one attached hydrogen (secondary N) is 2. The van der Waals surface area contributed by atoms with E-state index in [2.05, 4.69) is 10.6 Å². The van der Waals surface area contributed by atoms with Gasteiger partial charge in [-0.05, 0) is 53.8 Å². The van der Waals surface area contributed by atoms with Crippen molar-refractivity contribution in [2.75, 3.05) is 5.32 Å². The van der Waals surface area contributed by atoms with Crippen molar-refractivity contribution in [1.29, 1.82) is 0 Å². The van der Waals surface area contributed by atoms with E-state index in [1.54, 1.807) is 0 Å². The van der Waals surface area contributed by atoms with Gasteiger partial charge in [0.05, 0.1) is 6.42 Å². The molecule has 0 spiro atoms. The Labute approximate surface area is 164 Å². The second-order valence-corrected chi connectivity index (χ2v) is 7.11. The number of carbonyl (C=O) groups is 2. The standard InChI is InChI=1S/C24H22N2O2/c27-23(25-21-14-15-21)16-17-6-12-22(13-7-17)26-24(28)20-10-8-19(9-11-20)18-4-2-1-3-5-18/h1-13,21H,14-16H2,(H,25,27)(H,26,28). The van der Waals surface area contributed by atoms with Gasteiger partial charge in [-0.1, -0.05) is 54.6 Å². The van der Waals surface area contributed by atoms with Crippen LogP contribution in [0.25, 0.3) is 11.1 Å². The molecule has 3 aromatic rings. The largest absolute Gasteiger partial charge is 0.353 e. The molecule has 0 bridgehead atoms. The number of rotatable bonds is 6. The minimum absolute atomic E-state index is 0.0535. The molecule has 4 heteroatoms. The van der Waals surface area contributed by atoms with Crippen molar-refractivity contribution in [1.82, 2.24) is 5.32 Å². The third kappa shape index (κ3) is 4.65. The summed E-state index contributed by atoms with van der Waals surface area (Å²) in [5, 5.41) is 5.88. The first-order valence-corrected chi connectivity index (χ1v) is 9.52. The highest BCUT2D eigenvalue weighted by atomic mass is 16.2. The fraction of sp³-hybridized carbons (Fsp3) is 0.167. The van der Waals surface area contributed by atoms with Crippen LogP contribution in [-0.4, -0.2) is 17.9 Å². The predicted molar refractivity (Wildman–Crippen MR) is 111 cm³/mol. The summed E-state index contributed by atoms with van der Waals surface area (Å²) in [6.45, 7) is 0. The first-order valence-electron chi connectivity index (χ1n) is 9.52. The van der Waals surface area contributed by atoms with Crippen molar-refractivity contribution in [2.24, 2.45) is 0 Å². The molecule has 3 aromatic carbocycles. The van der Waals surface area contributed by atoms with Crippen molar-refractivity contribution in [2.45, 2.75) is 25.3 Å². The van der Waals surface area contributed by atoms with Gasteiger partial charge in [0.1, 0.15) is 0 Å². The third-order valence-electron chi connectivity index (χ3n) is 4.77. The number of anilines is 1. The van der Waals surface area contributed by atoms with E-state index in [-0.39, 0.29) is 11.8 Å². The number of carbonyl (C=O) groups excluding carboxylic acids is 2. The molecule has 28 heavy (non-hydrogen) atoms. The lowest BCUT2D eigenvalue weighted by Crippen LogP contribution is -2.26. The first-order chi connectivity index (χ1) is 13.7. The van der Waals surface area contributed by atoms with Crippen LogP contribution in [0.4, 0.5) is 5.69 Å². The van der Waals surface area contributed by atoms with Crippen LogP contribution in [0.1, 0.15) is 28.8 Å². The molecule has 0 saturated heterocycles. The monoisotopic (exact) mass is 370 g/mol. The summed E-state index contributed by atoms with van der Waals surface area (Å²) in [4.78, 5) is 24.3. The molecule has 1 aliphatic carbocycles.